The largest absolute Gasteiger partial charge is 0.338 e. The van der Waals surface area contributed by atoms with E-state index in [1.54, 1.807) is 12.1 Å². The van der Waals surface area contributed by atoms with E-state index in [0.717, 1.165) is 26.4 Å². The molecule has 0 N–H and O–H groups in total. The van der Waals surface area contributed by atoms with Gasteiger partial charge in [0.05, 0.1) is 17.1 Å². The highest BCUT2D eigenvalue weighted by molar-refractivity contribution is 7.20. The van der Waals surface area contributed by atoms with Crippen molar-refractivity contribution in [3.8, 4) is 0 Å². The number of carbonyl (C=O) groups is 1. The van der Waals surface area contributed by atoms with E-state index < -0.39 is 0 Å². The van der Waals surface area contributed by atoms with Crippen LogP contribution in [0.3, 0.4) is 0 Å². The van der Waals surface area contributed by atoms with Gasteiger partial charge in [-0.2, -0.15) is 5.10 Å². The van der Waals surface area contributed by atoms with Crippen LogP contribution >= 0.6 is 11.3 Å². The monoisotopic (exact) mass is 373 g/mol. The van der Waals surface area contributed by atoms with Gasteiger partial charge in [-0.25, -0.2) is 4.39 Å². The van der Waals surface area contributed by atoms with Crippen molar-refractivity contribution in [2.45, 2.75) is 40.3 Å². The number of hydrogen-bond acceptors (Lipinski definition) is 3. The average Bonchev–Trinajstić information content (AvgIpc) is 3.16. The summed E-state index contributed by atoms with van der Waals surface area (Å²) in [5, 5.41) is 5.59. The highest BCUT2D eigenvalue weighted by Crippen LogP contribution is 2.30. The number of carbonyl (C=O) groups excluding carboxylic acids is 1. The normalized spacial score (nSPS) is 12.7. The van der Waals surface area contributed by atoms with Crippen LogP contribution < -0.4 is 0 Å². The number of fused-ring (bicyclic) bond motifs is 1. The van der Waals surface area contributed by atoms with E-state index in [9.17, 15) is 9.18 Å². The number of aromatic nitrogens is 2. The molecule has 0 saturated carbocycles. The number of amides is 1. The summed E-state index contributed by atoms with van der Waals surface area (Å²) >= 11 is 1.47. The molecule has 0 bridgehead atoms. The van der Waals surface area contributed by atoms with E-state index in [1.165, 1.54) is 23.5 Å². The fraction of sp³-hybridized carbons (Fsp3) is 0.400. The number of thiophene rings is 1. The molecule has 3 rings (SSSR count). The third kappa shape index (κ3) is 3.51. The molecular weight excluding hydrogens is 349 g/mol. The van der Waals surface area contributed by atoms with Crippen molar-refractivity contribution in [3.63, 3.8) is 0 Å². The van der Waals surface area contributed by atoms with E-state index in [2.05, 4.69) is 25.9 Å². The third-order valence-corrected chi connectivity index (χ3v) is 6.10. The average molecular weight is 373 g/mol. The summed E-state index contributed by atoms with van der Waals surface area (Å²) in [6, 6.07) is 8.54. The second-order valence-electron chi connectivity index (χ2n) is 7.10. The minimum absolute atomic E-state index is 0.0418. The van der Waals surface area contributed by atoms with Gasteiger partial charge in [-0.3, -0.25) is 9.48 Å². The molecule has 4 nitrogen and oxygen atoms in total. The third-order valence-electron chi connectivity index (χ3n) is 4.96. The molecule has 0 aliphatic rings. The molecule has 3 aromatic rings. The lowest BCUT2D eigenvalue weighted by atomic mass is 10.1. The maximum Gasteiger partial charge on any atom is 0.264 e. The molecule has 2 aromatic heterocycles. The zero-order chi connectivity index (χ0) is 19.0. The van der Waals surface area contributed by atoms with Crippen molar-refractivity contribution in [1.82, 2.24) is 14.7 Å². The molecule has 1 atom stereocenters. The molecule has 2 heterocycles. The highest BCUT2D eigenvalue weighted by atomic mass is 32.1. The van der Waals surface area contributed by atoms with Gasteiger partial charge in [-0.05, 0) is 43.5 Å². The van der Waals surface area contributed by atoms with Crippen LogP contribution in [-0.4, -0.2) is 33.7 Å². The molecule has 1 aromatic carbocycles. The van der Waals surface area contributed by atoms with Gasteiger partial charge in [0.1, 0.15) is 10.6 Å². The molecule has 26 heavy (non-hydrogen) atoms. The molecule has 0 fully saturated rings. The summed E-state index contributed by atoms with van der Waals surface area (Å²) in [7, 11) is 1.86. The van der Waals surface area contributed by atoms with Gasteiger partial charge in [-0.1, -0.05) is 26.0 Å². The predicted molar refractivity (Wildman–Crippen MR) is 104 cm³/mol. The molecule has 0 saturated heterocycles. The Bertz CT molecular complexity index is 927. The lowest BCUT2D eigenvalue weighted by Crippen LogP contribution is -2.37. The Morgan fingerprint density at radius 2 is 1.92 bits per heavy atom. The lowest BCUT2D eigenvalue weighted by molar-refractivity contribution is 0.0712. The van der Waals surface area contributed by atoms with Gasteiger partial charge in [0.2, 0.25) is 0 Å². The summed E-state index contributed by atoms with van der Waals surface area (Å²) in [5.74, 6) is 0.191. The number of hydrogen-bond donors (Lipinski definition) is 0. The Labute approximate surface area is 157 Å². The predicted octanol–water partition coefficient (Wildman–Crippen LogP) is 4.71. The van der Waals surface area contributed by atoms with E-state index >= 15 is 0 Å². The quantitative estimate of drug-likeness (QED) is 0.650. The summed E-state index contributed by atoms with van der Waals surface area (Å²) in [4.78, 5) is 16.3. The van der Waals surface area contributed by atoms with Gasteiger partial charge in [0.15, 0.2) is 0 Å². The minimum atomic E-state index is -0.248. The first-order valence-electron chi connectivity index (χ1n) is 8.76. The molecular formula is C20H24FN3OS. The molecule has 0 unspecified atom stereocenters. The van der Waals surface area contributed by atoms with Gasteiger partial charge < -0.3 is 4.90 Å². The summed E-state index contributed by atoms with van der Waals surface area (Å²) in [5.41, 5.74) is 1.87. The summed E-state index contributed by atoms with van der Waals surface area (Å²) < 4.78 is 15.0. The van der Waals surface area contributed by atoms with Crippen molar-refractivity contribution >= 4 is 27.5 Å². The van der Waals surface area contributed by atoms with Crippen LogP contribution in [0.15, 0.2) is 30.3 Å². The Morgan fingerprint density at radius 1 is 1.27 bits per heavy atom. The Kier molecular flexibility index (Phi) is 5.14. The first-order chi connectivity index (χ1) is 12.3. The van der Waals surface area contributed by atoms with E-state index in [-0.39, 0.29) is 17.8 Å². The Balaban J connectivity index is 1.91. The number of benzene rings is 1. The Hall–Kier alpha value is -2.21. The van der Waals surface area contributed by atoms with Crippen LogP contribution in [0.4, 0.5) is 4.39 Å². The second kappa shape index (κ2) is 7.19. The van der Waals surface area contributed by atoms with Crippen molar-refractivity contribution < 1.29 is 9.18 Å². The molecule has 1 amide bonds. The van der Waals surface area contributed by atoms with Gasteiger partial charge in [0, 0.05) is 18.5 Å². The zero-order valence-electron chi connectivity index (χ0n) is 15.8. The van der Waals surface area contributed by atoms with Gasteiger partial charge >= 0.3 is 0 Å². The standard InChI is InChI=1S/C20H24FN3OS/c1-12(2)14(4)23(5)19(25)18-10-17-13(3)22-24(20(17)26-18)11-15-6-8-16(21)9-7-15/h6-10,12,14H,11H2,1-5H3/t14-/m1/s1. The number of rotatable bonds is 5. The maximum absolute atomic E-state index is 13.1. The van der Waals surface area contributed by atoms with Crippen molar-refractivity contribution in [3.05, 3.63) is 52.3 Å². The first kappa shape index (κ1) is 18.6. The fourth-order valence-electron chi connectivity index (χ4n) is 2.89. The summed E-state index contributed by atoms with van der Waals surface area (Å²) in [6.45, 7) is 8.80. The number of aryl methyl sites for hydroxylation is 1. The molecule has 0 aliphatic carbocycles. The van der Waals surface area contributed by atoms with Crippen LogP contribution in [0.2, 0.25) is 0 Å². The smallest absolute Gasteiger partial charge is 0.264 e. The van der Waals surface area contributed by atoms with Crippen LogP contribution in [0.1, 0.15) is 41.7 Å². The van der Waals surface area contributed by atoms with Crippen LogP contribution in [0.25, 0.3) is 10.2 Å². The topological polar surface area (TPSA) is 38.1 Å². The molecule has 138 valence electrons. The number of halogens is 1. The van der Waals surface area contributed by atoms with Gasteiger partial charge in [0.25, 0.3) is 5.91 Å². The van der Waals surface area contributed by atoms with E-state index in [0.29, 0.717) is 12.5 Å². The lowest BCUT2D eigenvalue weighted by Gasteiger charge is -2.27. The Morgan fingerprint density at radius 3 is 2.54 bits per heavy atom. The molecule has 6 heteroatoms. The molecule has 0 aliphatic heterocycles. The van der Waals surface area contributed by atoms with Gasteiger partial charge in [-0.15, -0.1) is 11.3 Å². The maximum atomic E-state index is 13.1. The van der Waals surface area contributed by atoms with Crippen molar-refractivity contribution in [2.75, 3.05) is 7.05 Å². The van der Waals surface area contributed by atoms with E-state index in [1.807, 2.05) is 29.6 Å². The molecule has 0 radical (unpaired) electrons. The minimum Gasteiger partial charge on any atom is -0.338 e. The van der Waals surface area contributed by atoms with Crippen LogP contribution in [-0.2, 0) is 6.54 Å². The van der Waals surface area contributed by atoms with E-state index in [4.69, 9.17) is 0 Å². The second-order valence-corrected chi connectivity index (χ2v) is 8.13. The SMILES string of the molecule is Cc1nn(Cc2ccc(F)cc2)c2sc(C(=O)N(C)[C@H](C)C(C)C)cc12. The van der Waals surface area contributed by atoms with Crippen molar-refractivity contribution in [1.29, 1.82) is 0 Å². The van der Waals surface area contributed by atoms with Crippen LogP contribution in [0, 0.1) is 18.7 Å². The van der Waals surface area contributed by atoms with Crippen LogP contribution in [0.5, 0.6) is 0 Å². The highest BCUT2D eigenvalue weighted by Gasteiger charge is 2.23. The first-order valence-corrected chi connectivity index (χ1v) is 9.58. The number of nitrogens with zero attached hydrogens (tertiary/aromatic N) is 3. The molecule has 0 spiro atoms. The fourth-order valence-corrected chi connectivity index (χ4v) is 4.04. The summed E-state index contributed by atoms with van der Waals surface area (Å²) in [6.07, 6.45) is 0. The van der Waals surface area contributed by atoms with Crippen molar-refractivity contribution in [2.24, 2.45) is 5.92 Å². The zero-order valence-corrected chi connectivity index (χ0v) is 16.6.